The number of pyridine rings is 1. The second kappa shape index (κ2) is 11.8. The maximum atomic E-state index is 16.4. The summed E-state index contributed by atoms with van der Waals surface area (Å²) in [5.41, 5.74) is 2.93. The van der Waals surface area contributed by atoms with Gasteiger partial charge in [0.2, 0.25) is 5.91 Å². The topological polar surface area (TPSA) is 102 Å². The van der Waals surface area contributed by atoms with Gasteiger partial charge in [-0.2, -0.15) is 4.98 Å². The van der Waals surface area contributed by atoms with Crippen molar-refractivity contribution in [2.45, 2.75) is 52.1 Å². The lowest BCUT2D eigenvalue weighted by Gasteiger charge is -2.40. The predicted octanol–water partition coefficient (Wildman–Crippen LogP) is 4.81. The van der Waals surface area contributed by atoms with Crippen molar-refractivity contribution in [2.75, 3.05) is 24.5 Å². The number of amides is 1. The summed E-state index contributed by atoms with van der Waals surface area (Å²) < 4.78 is 35.2. The molecule has 2 aromatic carbocycles. The zero-order chi connectivity index (χ0) is 33.0. The summed E-state index contributed by atoms with van der Waals surface area (Å²) in [6, 6.07) is 11.5. The Balaban J connectivity index is 1.55. The van der Waals surface area contributed by atoms with Crippen LogP contribution in [0.25, 0.3) is 28.0 Å². The molecule has 0 N–H and O–H groups in total. The number of carbonyl (C=O) groups is 1. The molecule has 1 atom stereocenters. The second-order valence-electron chi connectivity index (χ2n) is 12.5. The molecule has 4 bridgehead atoms. The summed E-state index contributed by atoms with van der Waals surface area (Å²) in [6.07, 6.45) is 4.16. The number of fused-ring (bicyclic) bond motifs is 7. The van der Waals surface area contributed by atoms with E-state index >= 15 is 8.78 Å². The lowest BCUT2D eigenvalue weighted by molar-refractivity contribution is -0.126. The number of aryl methyl sites for hydroxylation is 2. The van der Waals surface area contributed by atoms with Crippen molar-refractivity contribution in [3.63, 3.8) is 0 Å². The lowest BCUT2D eigenvalue weighted by atomic mass is 9.95. The molecule has 3 aromatic heterocycles. The van der Waals surface area contributed by atoms with E-state index in [-0.39, 0.29) is 47.1 Å². The quantitative estimate of drug-likeness (QED) is 0.262. The van der Waals surface area contributed by atoms with Gasteiger partial charge in [-0.15, -0.1) is 5.10 Å². The highest BCUT2D eigenvalue weighted by Gasteiger charge is 2.31. The zero-order valence-electron chi connectivity index (χ0n) is 26.5. The molecule has 10 nitrogen and oxygen atoms in total. The van der Waals surface area contributed by atoms with Gasteiger partial charge in [0.15, 0.2) is 5.65 Å². The molecule has 5 heterocycles. The van der Waals surface area contributed by atoms with Crippen LogP contribution in [0.2, 0.25) is 0 Å². The van der Waals surface area contributed by atoms with Gasteiger partial charge >= 0.3 is 5.69 Å². The molecule has 5 aromatic rings. The maximum absolute atomic E-state index is 16.4. The fraction of sp³-hybridized carbons (Fsp3) is 0.314. The minimum atomic E-state index is -0.756. The van der Waals surface area contributed by atoms with Gasteiger partial charge in [0.1, 0.15) is 23.1 Å². The number of hydrogen-bond donors (Lipinski definition) is 0. The molecule has 7 rings (SSSR count). The van der Waals surface area contributed by atoms with Gasteiger partial charge in [-0.05, 0) is 60.6 Å². The van der Waals surface area contributed by atoms with E-state index in [1.54, 1.807) is 27.9 Å². The highest BCUT2D eigenvalue weighted by molar-refractivity contribution is 5.91. The number of para-hydroxylation sites is 1. The van der Waals surface area contributed by atoms with Crippen LogP contribution in [0.1, 0.15) is 49.1 Å². The number of piperazine rings is 1. The van der Waals surface area contributed by atoms with Gasteiger partial charge in [0.25, 0.3) is 0 Å². The third-order valence-electron chi connectivity index (χ3n) is 9.09. The van der Waals surface area contributed by atoms with Crippen molar-refractivity contribution < 1.29 is 13.6 Å². The van der Waals surface area contributed by atoms with Gasteiger partial charge in [0.05, 0.1) is 23.3 Å². The molecule has 47 heavy (non-hydrogen) atoms. The van der Waals surface area contributed by atoms with Gasteiger partial charge < -0.3 is 9.80 Å². The second-order valence-corrected chi connectivity index (χ2v) is 12.5. The van der Waals surface area contributed by atoms with E-state index in [1.807, 2.05) is 43.9 Å². The van der Waals surface area contributed by atoms with E-state index < -0.39 is 17.3 Å². The van der Waals surface area contributed by atoms with Gasteiger partial charge in [0, 0.05) is 37.4 Å². The molecule has 0 aliphatic carbocycles. The van der Waals surface area contributed by atoms with E-state index in [4.69, 9.17) is 4.98 Å². The average molecular weight is 637 g/mol. The zero-order valence-corrected chi connectivity index (χ0v) is 26.5. The Hall–Kier alpha value is -5.26. The largest absolute Gasteiger partial charge is 0.355 e. The Bertz CT molecular complexity index is 2120. The van der Waals surface area contributed by atoms with Crippen LogP contribution in [-0.2, 0) is 24.2 Å². The van der Waals surface area contributed by atoms with E-state index in [0.29, 0.717) is 49.1 Å². The summed E-state index contributed by atoms with van der Waals surface area (Å²) in [4.78, 5) is 39.7. The highest BCUT2D eigenvalue weighted by Crippen LogP contribution is 2.36. The first-order valence-corrected chi connectivity index (χ1v) is 15.7. The predicted molar refractivity (Wildman–Crippen MR) is 175 cm³/mol. The van der Waals surface area contributed by atoms with E-state index in [2.05, 4.69) is 21.9 Å². The van der Waals surface area contributed by atoms with Crippen LogP contribution in [0.4, 0.5) is 14.6 Å². The Morgan fingerprint density at radius 2 is 1.83 bits per heavy atom. The van der Waals surface area contributed by atoms with Crippen LogP contribution in [-0.4, -0.2) is 66.0 Å². The van der Waals surface area contributed by atoms with E-state index in [1.165, 1.54) is 22.8 Å². The summed E-state index contributed by atoms with van der Waals surface area (Å²) in [5.74, 6) is -1.31. The molecule has 0 saturated carbocycles. The molecule has 12 heteroatoms. The van der Waals surface area contributed by atoms with Crippen molar-refractivity contribution in [3.8, 4) is 16.9 Å². The van der Waals surface area contributed by atoms with Crippen molar-refractivity contribution in [3.05, 3.63) is 106 Å². The number of benzene rings is 2. The average Bonchev–Trinajstić information content (AvgIpc) is 3.50. The number of rotatable bonds is 3. The Labute approximate surface area is 270 Å². The first-order valence-electron chi connectivity index (χ1n) is 15.7. The number of halogens is 2. The monoisotopic (exact) mass is 636 g/mol. The number of anilines is 1. The van der Waals surface area contributed by atoms with Crippen LogP contribution < -0.4 is 10.6 Å². The molecule has 2 aliphatic heterocycles. The van der Waals surface area contributed by atoms with Crippen molar-refractivity contribution in [2.24, 2.45) is 0 Å². The lowest BCUT2D eigenvalue weighted by Crippen LogP contribution is -2.54. The summed E-state index contributed by atoms with van der Waals surface area (Å²) >= 11 is 0. The Kier molecular flexibility index (Phi) is 7.65. The minimum absolute atomic E-state index is 0.0133. The fourth-order valence-electron chi connectivity index (χ4n) is 6.79. The van der Waals surface area contributed by atoms with Crippen LogP contribution in [0.3, 0.4) is 0 Å². The molecule has 0 spiro atoms. The molecular formula is C35H34F2N8O2. The number of aromatic nitrogens is 6. The van der Waals surface area contributed by atoms with Crippen LogP contribution in [0.15, 0.2) is 66.1 Å². The van der Waals surface area contributed by atoms with Crippen molar-refractivity contribution in [1.82, 2.24) is 34.4 Å². The molecule has 0 radical (unpaired) electrons. The van der Waals surface area contributed by atoms with Gasteiger partial charge in [-0.1, -0.05) is 56.0 Å². The first-order chi connectivity index (χ1) is 22.6. The summed E-state index contributed by atoms with van der Waals surface area (Å²) in [6.45, 7) is 10.8. The van der Waals surface area contributed by atoms with Crippen LogP contribution >= 0.6 is 0 Å². The van der Waals surface area contributed by atoms with E-state index in [0.717, 1.165) is 16.8 Å². The van der Waals surface area contributed by atoms with Crippen LogP contribution in [0, 0.1) is 11.6 Å². The van der Waals surface area contributed by atoms with E-state index in [9.17, 15) is 9.59 Å². The van der Waals surface area contributed by atoms with Gasteiger partial charge in [-0.3, -0.25) is 4.79 Å². The molecule has 1 saturated heterocycles. The first kappa shape index (κ1) is 30.4. The summed E-state index contributed by atoms with van der Waals surface area (Å²) in [7, 11) is 0. The molecular weight excluding hydrogens is 602 g/mol. The maximum Gasteiger partial charge on any atom is 0.355 e. The molecule has 1 amide bonds. The fourth-order valence-corrected chi connectivity index (χ4v) is 6.79. The Morgan fingerprint density at radius 3 is 2.60 bits per heavy atom. The normalized spacial score (nSPS) is 16.3. The number of hydrogen-bond acceptors (Lipinski definition) is 7. The SMILES string of the molecule is C=CC(=O)N1CCN(c2nc(=O)n3c4nc(c(F)cc24)-c2c(F)cccc2Cn2cc(nn2)CCc2cccc(C(C)C)c2-3)[C@@H](C)C1. The number of carbonyl (C=O) groups excluding carboxylic acids is 1. The highest BCUT2D eigenvalue weighted by atomic mass is 19.1. The summed E-state index contributed by atoms with van der Waals surface area (Å²) in [5, 5.41) is 8.91. The molecule has 240 valence electrons. The number of nitrogens with zero attached hydrogens (tertiary/aromatic N) is 8. The third-order valence-corrected chi connectivity index (χ3v) is 9.09. The van der Waals surface area contributed by atoms with Crippen molar-refractivity contribution >= 4 is 22.8 Å². The smallest absolute Gasteiger partial charge is 0.350 e. The third kappa shape index (κ3) is 5.27. The minimum Gasteiger partial charge on any atom is -0.350 e. The van der Waals surface area contributed by atoms with Crippen LogP contribution in [0.5, 0.6) is 0 Å². The molecule has 0 unspecified atom stereocenters. The van der Waals surface area contributed by atoms with Gasteiger partial charge in [-0.25, -0.2) is 27.8 Å². The van der Waals surface area contributed by atoms with Crippen molar-refractivity contribution in [1.29, 1.82) is 0 Å². The molecule has 1 fully saturated rings. The standard InChI is InChI=1S/C35H34F2N8O2/c1-5-29(46)42-14-15-44(21(4)17-42)33-26-16-28(37)31-30-23(9-7-11-27(30)36)18-43-19-24(40-41-43)13-12-22-8-6-10-25(20(2)3)32(22)45(34(26)38-31)35(47)39-33/h5-11,16,19-21H,1,12-15,17-18H2,2-4H3/t21-/m0/s1. The molecule has 2 aliphatic rings. The Morgan fingerprint density at radius 1 is 1.04 bits per heavy atom.